The minimum Gasteiger partial charge on any atom is -0.493 e. The summed E-state index contributed by atoms with van der Waals surface area (Å²) in [4.78, 5) is 12.5. The lowest BCUT2D eigenvalue weighted by Gasteiger charge is -2.12. The van der Waals surface area contributed by atoms with E-state index in [0.717, 1.165) is 29.5 Å². The van der Waals surface area contributed by atoms with Gasteiger partial charge in [-0.05, 0) is 54.4 Å². The largest absolute Gasteiger partial charge is 0.493 e. The smallest absolute Gasteiger partial charge is 0.416 e. The van der Waals surface area contributed by atoms with Crippen molar-refractivity contribution in [3.05, 3.63) is 72.0 Å². The van der Waals surface area contributed by atoms with Crippen molar-refractivity contribution in [2.75, 3.05) is 26.5 Å². The Morgan fingerprint density at radius 2 is 1.86 bits per heavy atom. The molecule has 0 aliphatic heterocycles. The quantitative estimate of drug-likeness (QED) is 0.287. The fourth-order valence-electron chi connectivity index (χ4n) is 3.55. The molecule has 0 bridgehead atoms. The summed E-state index contributed by atoms with van der Waals surface area (Å²) in [5.41, 5.74) is 0.341. The second-order valence-corrected chi connectivity index (χ2v) is 8.69. The van der Waals surface area contributed by atoms with Crippen molar-refractivity contribution >= 4 is 17.7 Å². The number of thioether (sulfide) groups is 1. The number of benzene rings is 2. The van der Waals surface area contributed by atoms with Gasteiger partial charge in [-0.15, -0.1) is 10.2 Å². The molecule has 194 valence electrons. The van der Waals surface area contributed by atoms with Crippen LogP contribution in [-0.2, 0) is 17.4 Å². The number of aromatic nitrogens is 3. The van der Waals surface area contributed by atoms with Crippen molar-refractivity contribution in [1.29, 1.82) is 0 Å². The van der Waals surface area contributed by atoms with Crippen LogP contribution in [0.15, 0.2) is 70.4 Å². The second-order valence-electron chi connectivity index (χ2n) is 7.74. The fourth-order valence-corrected chi connectivity index (χ4v) is 4.33. The normalized spacial score (nSPS) is 11.4. The maximum atomic E-state index is 13.3. The van der Waals surface area contributed by atoms with E-state index in [0.29, 0.717) is 30.2 Å². The van der Waals surface area contributed by atoms with E-state index >= 15 is 0 Å². The van der Waals surface area contributed by atoms with Gasteiger partial charge in [0.25, 0.3) is 0 Å². The summed E-state index contributed by atoms with van der Waals surface area (Å²) >= 11 is 1.06. The molecular formula is C25H23F3N4O4S. The molecule has 0 saturated heterocycles. The minimum atomic E-state index is -4.52. The van der Waals surface area contributed by atoms with Crippen LogP contribution in [0.3, 0.4) is 0 Å². The number of hydrogen-bond acceptors (Lipinski definition) is 7. The molecule has 0 aliphatic rings. The Bertz CT molecular complexity index is 1360. The highest BCUT2D eigenvalue weighted by Gasteiger charge is 2.31. The number of rotatable bonds is 10. The molecule has 0 saturated carbocycles. The summed E-state index contributed by atoms with van der Waals surface area (Å²) in [6, 6.07) is 13.6. The van der Waals surface area contributed by atoms with Crippen LogP contribution in [0.4, 0.5) is 13.2 Å². The molecule has 1 amide bonds. The summed E-state index contributed by atoms with van der Waals surface area (Å²) < 4.78 is 57.3. The molecule has 0 radical (unpaired) electrons. The molecule has 0 spiro atoms. The number of amides is 1. The van der Waals surface area contributed by atoms with Gasteiger partial charge in [0.15, 0.2) is 22.4 Å². The van der Waals surface area contributed by atoms with Gasteiger partial charge in [-0.25, -0.2) is 0 Å². The predicted octanol–water partition coefficient (Wildman–Crippen LogP) is 5.01. The zero-order valence-electron chi connectivity index (χ0n) is 19.9. The third-order valence-electron chi connectivity index (χ3n) is 5.32. The van der Waals surface area contributed by atoms with E-state index in [4.69, 9.17) is 13.9 Å². The van der Waals surface area contributed by atoms with Gasteiger partial charge in [-0.1, -0.05) is 23.9 Å². The van der Waals surface area contributed by atoms with E-state index in [2.05, 4.69) is 15.5 Å². The SMILES string of the molecule is COc1ccc(CCNC(=O)CSc2nnc(-c3ccco3)n2-c2cccc(C(F)(F)F)c2)cc1OC. The van der Waals surface area contributed by atoms with Crippen molar-refractivity contribution < 1.29 is 31.9 Å². The van der Waals surface area contributed by atoms with Gasteiger partial charge in [0.2, 0.25) is 11.7 Å². The van der Waals surface area contributed by atoms with E-state index in [1.54, 1.807) is 32.4 Å². The van der Waals surface area contributed by atoms with Gasteiger partial charge in [-0.2, -0.15) is 13.2 Å². The number of alkyl halides is 3. The van der Waals surface area contributed by atoms with Gasteiger partial charge in [0.05, 0.1) is 37.5 Å². The number of nitrogens with zero attached hydrogens (tertiary/aromatic N) is 3. The van der Waals surface area contributed by atoms with Crippen molar-refractivity contribution in [3.8, 4) is 28.8 Å². The Kier molecular flexibility index (Phi) is 8.07. The molecular weight excluding hydrogens is 509 g/mol. The van der Waals surface area contributed by atoms with Crippen LogP contribution in [0.5, 0.6) is 11.5 Å². The first-order valence-electron chi connectivity index (χ1n) is 11.1. The van der Waals surface area contributed by atoms with Crippen molar-refractivity contribution in [3.63, 3.8) is 0 Å². The van der Waals surface area contributed by atoms with Gasteiger partial charge < -0.3 is 19.2 Å². The second kappa shape index (κ2) is 11.4. The lowest BCUT2D eigenvalue weighted by atomic mass is 10.1. The fraction of sp³-hybridized carbons (Fsp3) is 0.240. The number of hydrogen-bond donors (Lipinski definition) is 1. The number of halogens is 3. The summed E-state index contributed by atoms with van der Waals surface area (Å²) in [5, 5.41) is 11.3. The molecule has 2 aromatic heterocycles. The molecule has 0 fully saturated rings. The molecule has 0 aliphatic carbocycles. The van der Waals surface area contributed by atoms with Crippen molar-refractivity contribution in [2.45, 2.75) is 17.8 Å². The molecule has 2 heterocycles. The number of methoxy groups -OCH3 is 2. The van der Waals surface area contributed by atoms with Gasteiger partial charge >= 0.3 is 6.18 Å². The number of carbonyl (C=O) groups is 1. The highest BCUT2D eigenvalue weighted by atomic mass is 32.2. The molecule has 2 aromatic carbocycles. The predicted molar refractivity (Wildman–Crippen MR) is 131 cm³/mol. The first-order valence-corrected chi connectivity index (χ1v) is 12.1. The summed E-state index contributed by atoms with van der Waals surface area (Å²) in [6.45, 7) is 0.382. The third kappa shape index (κ3) is 6.26. The first kappa shape index (κ1) is 26.1. The summed E-state index contributed by atoms with van der Waals surface area (Å²) in [6.07, 6.45) is -2.52. The van der Waals surface area contributed by atoms with Crippen LogP contribution < -0.4 is 14.8 Å². The van der Waals surface area contributed by atoms with E-state index in [1.165, 1.54) is 23.0 Å². The van der Waals surface area contributed by atoms with E-state index in [9.17, 15) is 18.0 Å². The van der Waals surface area contributed by atoms with Crippen molar-refractivity contribution in [2.24, 2.45) is 0 Å². The van der Waals surface area contributed by atoms with E-state index in [-0.39, 0.29) is 28.3 Å². The number of ether oxygens (including phenoxy) is 2. The van der Waals surface area contributed by atoms with Crippen molar-refractivity contribution in [1.82, 2.24) is 20.1 Å². The number of carbonyl (C=O) groups excluding carboxylic acids is 1. The third-order valence-corrected chi connectivity index (χ3v) is 6.25. The molecule has 1 N–H and O–H groups in total. The van der Waals surface area contributed by atoms with Gasteiger partial charge in [0, 0.05) is 6.54 Å². The Morgan fingerprint density at radius 1 is 1.05 bits per heavy atom. The average molecular weight is 533 g/mol. The zero-order valence-corrected chi connectivity index (χ0v) is 20.7. The van der Waals surface area contributed by atoms with Crippen LogP contribution in [0.2, 0.25) is 0 Å². The first-order chi connectivity index (χ1) is 17.8. The lowest BCUT2D eigenvalue weighted by Crippen LogP contribution is -2.27. The number of furan rings is 1. The molecule has 37 heavy (non-hydrogen) atoms. The average Bonchev–Trinajstić information content (AvgIpc) is 3.57. The van der Waals surface area contributed by atoms with Crippen LogP contribution in [0.25, 0.3) is 17.3 Å². The zero-order chi connectivity index (χ0) is 26.4. The van der Waals surface area contributed by atoms with Gasteiger partial charge in [0.1, 0.15) is 0 Å². The lowest BCUT2D eigenvalue weighted by molar-refractivity contribution is -0.137. The highest BCUT2D eigenvalue weighted by Crippen LogP contribution is 2.33. The van der Waals surface area contributed by atoms with Crippen LogP contribution in [0.1, 0.15) is 11.1 Å². The Morgan fingerprint density at radius 3 is 2.57 bits per heavy atom. The highest BCUT2D eigenvalue weighted by molar-refractivity contribution is 7.99. The van der Waals surface area contributed by atoms with Crippen LogP contribution >= 0.6 is 11.8 Å². The summed E-state index contributed by atoms with van der Waals surface area (Å²) in [5.74, 6) is 1.50. The monoisotopic (exact) mass is 532 g/mol. The number of nitrogens with one attached hydrogen (secondary N) is 1. The topological polar surface area (TPSA) is 91.4 Å². The van der Waals surface area contributed by atoms with Gasteiger partial charge in [-0.3, -0.25) is 9.36 Å². The molecule has 0 unspecified atom stereocenters. The summed E-state index contributed by atoms with van der Waals surface area (Å²) in [7, 11) is 3.11. The molecule has 4 rings (SSSR count). The standard InChI is InChI=1S/C25H23F3N4O4S/c1-34-19-9-8-16(13-21(19)35-2)10-11-29-22(33)15-37-24-31-30-23(20-7-4-12-36-20)32(24)18-6-3-5-17(14-18)25(26,27)28/h3-9,12-14H,10-11,15H2,1-2H3,(H,29,33). The maximum Gasteiger partial charge on any atom is 0.416 e. The maximum absolute atomic E-state index is 13.3. The Balaban J connectivity index is 1.45. The Labute approximate surface area is 214 Å². The van der Waals surface area contributed by atoms with Crippen LogP contribution in [-0.4, -0.2) is 47.2 Å². The molecule has 0 atom stereocenters. The van der Waals surface area contributed by atoms with Crippen LogP contribution in [0, 0.1) is 0 Å². The Hall–Kier alpha value is -3.93. The molecule has 8 nitrogen and oxygen atoms in total. The molecule has 12 heteroatoms. The van der Waals surface area contributed by atoms with E-state index in [1.807, 2.05) is 12.1 Å². The molecule has 4 aromatic rings. The minimum absolute atomic E-state index is 0.0127. The van der Waals surface area contributed by atoms with E-state index < -0.39 is 11.7 Å².